The largest absolute Gasteiger partial charge is 0.480 e. The number of nitrogens with zero attached hydrogens (tertiary/aromatic N) is 2. The quantitative estimate of drug-likeness (QED) is 0.802. The third kappa shape index (κ3) is 5.06. The second-order valence-electron chi connectivity index (χ2n) is 6.20. The van der Waals surface area contributed by atoms with Gasteiger partial charge < -0.3 is 20.2 Å². The Morgan fingerprint density at radius 1 is 1.42 bits per heavy atom. The zero-order valence-electron chi connectivity index (χ0n) is 12.3. The van der Waals surface area contributed by atoms with Crippen LogP contribution < -0.4 is 5.32 Å². The normalized spacial score (nSPS) is 20.9. The van der Waals surface area contributed by atoms with E-state index in [-0.39, 0.29) is 18.6 Å². The van der Waals surface area contributed by atoms with Crippen molar-refractivity contribution in [2.75, 3.05) is 26.7 Å². The first-order valence-electron chi connectivity index (χ1n) is 6.68. The lowest BCUT2D eigenvalue weighted by molar-refractivity contribution is -0.138. The highest BCUT2D eigenvalue weighted by Crippen LogP contribution is 2.14. The van der Waals surface area contributed by atoms with Crippen molar-refractivity contribution in [3.8, 4) is 0 Å². The molecule has 1 unspecified atom stereocenters. The Morgan fingerprint density at radius 2 is 2.05 bits per heavy atom. The van der Waals surface area contributed by atoms with Crippen LogP contribution in [0.4, 0.5) is 4.79 Å². The number of piperidine rings is 1. The molecule has 6 heteroatoms. The van der Waals surface area contributed by atoms with Gasteiger partial charge in [0.15, 0.2) is 0 Å². The number of hydrogen-bond donors (Lipinski definition) is 2. The van der Waals surface area contributed by atoms with Crippen LogP contribution in [0, 0.1) is 0 Å². The fourth-order valence-electron chi connectivity index (χ4n) is 2.29. The van der Waals surface area contributed by atoms with E-state index in [1.54, 1.807) is 0 Å². The summed E-state index contributed by atoms with van der Waals surface area (Å²) in [7, 11) is 2.02. The Bertz CT molecular complexity index is 339. The molecule has 0 radical (unpaired) electrons. The second-order valence-corrected chi connectivity index (χ2v) is 6.20. The molecule has 19 heavy (non-hydrogen) atoms. The standard InChI is InChI=1S/C13H25N3O3/c1-13(2,3)16(9-11(17)18)12(19)14-10-6-5-7-15(4)8-10/h10H,5-9H2,1-4H3,(H,14,19)(H,17,18). The van der Waals surface area contributed by atoms with Gasteiger partial charge in [-0.15, -0.1) is 0 Å². The number of rotatable bonds is 3. The molecule has 1 aliphatic heterocycles. The van der Waals surface area contributed by atoms with Gasteiger partial charge >= 0.3 is 12.0 Å². The third-order valence-electron chi connectivity index (χ3n) is 3.30. The molecular weight excluding hydrogens is 246 g/mol. The number of nitrogens with one attached hydrogen (secondary N) is 1. The summed E-state index contributed by atoms with van der Waals surface area (Å²) in [5.74, 6) is -0.995. The van der Waals surface area contributed by atoms with Gasteiger partial charge in [-0.25, -0.2) is 4.79 Å². The van der Waals surface area contributed by atoms with Crippen LogP contribution in [0.15, 0.2) is 0 Å². The van der Waals surface area contributed by atoms with E-state index in [4.69, 9.17) is 5.11 Å². The van der Waals surface area contributed by atoms with Gasteiger partial charge in [0.1, 0.15) is 6.54 Å². The molecule has 6 nitrogen and oxygen atoms in total. The lowest BCUT2D eigenvalue weighted by Gasteiger charge is -2.37. The molecule has 1 atom stereocenters. The number of amides is 2. The molecule has 2 N–H and O–H groups in total. The monoisotopic (exact) mass is 271 g/mol. The predicted molar refractivity (Wildman–Crippen MR) is 73.1 cm³/mol. The molecule has 0 spiro atoms. The van der Waals surface area contributed by atoms with Crippen LogP contribution >= 0.6 is 0 Å². The second kappa shape index (κ2) is 6.23. The van der Waals surface area contributed by atoms with Crippen molar-refractivity contribution in [3.63, 3.8) is 0 Å². The minimum absolute atomic E-state index is 0.102. The highest BCUT2D eigenvalue weighted by atomic mass is 16.4. The van der Waals surface area contributed by atoms with Gasteiger partial charge in [0.05, 0.1) is 0 Å². The average molecular weight is 271 g/mol. The van der Waals surface area contributed by atoms with Crippen molar-refractivity contribution >= 4 is 12.0 Å². The number of likely N-dealkylation sites (tertiary alicyclic amines) is 1. The first kappa shape index (κ1) is 15.8. The summed E-state index contributed by atoms with van der Waals surface area (Å²) in [6, 6.07) is -0.194. The average Bonchev–Trinajstić information content (AvgIpc) is 2.24. The number of carbonyl (C=O) groups excluding carboxylic acids is 1. The van der Waals surface area contributed by atoms with Gasteiger partial charge in [0.25, 0.3) is 0 Å². The van der Waals surface area contributed by atoms with Crippen LogP contribution in [0.5, 0.6) is 0 Å². The summed E-state index contributed by atoms with van der Waals surface area (Å²) < 4.78 is 0. The Morgan fingerprint density at radius 3 is 2.53 bits per heavy atom. The molecule has 1 heterocycles. The van der Waals surface area contributed by atoms with Crippen LogP contribution in [-0.2, 0) is 4.79 Å². The van der Waals surface area contributed by atoms with E-state index in [9.17, 15) is 9.59 Å². The maximum Gasteiger partial charge on any atom is 0.323 e. The Balaban J connectivity index is 2.63. The summed E-state index contributed by atoms with van der Waals surface area (Å²) in [6.45, 7) is 7.09. The maximum atomic E-state index is 12.2. The van der Waals surface area contributed by atoms with Crippen LogP contribution in [0.25, 0.3) is 0 Å². The highest BCUT2D eigenvalue weighted by molar-refractivity contribution is 5.81. The van der Waals surface area contributed by atoms with Gasteiger partial charge in [-0.3, -0.25) is 4.79 Å². The first-order chi connectivity index (χ1) is 8.70. The molecule has 0 aromatic heterocycles. The summed E-state index contributed by atoms with van der Waals surface area (Å²) >= 11 is 0. The molecule has 0 aliphatic carbocycles. The van der Waals surface area contributed by atoms with Crippen molar-refractivity contribution in [2.45, 2.75) is 45.2 Å². The topological polar surface area (TPSA) is 72.9 Å². The fraction of sp³-hybridized carbons (Fsp3) is 0.846. The lowest BCUT2D eigenvalue weighted by atomic mass is 10.1. The van der Waals surface area contributed by atoms with Gasteiger partial charge in [-0.2, -0.15) is 0 Å². The third-order valence-corrected chi connectivity index (χ3v) is 3.30. The van der Waals surface area contributed by atoms with Crippen LogP contribution in [-0.4, -0.2) is 65.2 Å². The number of urea groups is 1. The van der Waals surface area contributed by atoms with E-state index in [0.717, 1.165) is 25.9 Å². The Kier molecular flexibility index (Phi) is 5.17. The van der Waals surface area contributed by atoms with E-state index in [2.05, 4.69) is 10.2 Å². The van der Waals surface area contributed by atoms with Crippen molar-refractivity contribution in [2.24, 2.45) is 0 Å². The van der Waals surface area contributed by atoms with Crippen LogP contribution in [0.2, 0.25) is 0 Å². The van der Waals surface area contributed by atoms with E-state index in [0.29, 0.717) is 0 Å². The SMILES string of the molecule is CN1CCCC(NC(=O)N(CC(=O)O)C(C)(C)C)C1. The zero-order valence-corrected chi connectivity index (χ0v) is 12.3. The van der Waals surface area contributed by atoms with Gasteiger partial charge in [0, 0.05) is 18.1 Å². The number of aliphatic carboxylic acids is 1. The minimum Gasteiger partial charge on any atom is -0.480 e. The number of carboxylic acids is 1. The first-order valence-corrected chi connectivity index (χ1v) is 6.68. The van der Waals surface area contributed by atoms with Gasteiger partial charge in [0.2, 0.25) is 0 Å². The number of hydrogen-bond acceptors (Lipinski definition) is 3. The summed E-state index contributed by atoms with van der Waals surface area (Å²) in [5, 5.41) is 11.9. The molecule has 1 aliphatic rings. The molecule has 0 aromatic carbocycles. The molecule has 2 amide bonds. The zero-order chi connectivity index (χ0) is 14.6. The molecule has 0 saturated carbocycles. The van der Waals surface area contributed by atoms with E-state index >= 15 is 0 Å². The van der Waals surface area contributed by atoms with Crippen LogP contribution in [0.1, 0.15) is 33.6 Å². The molecule has 0 aromatic rings. The van der Waals surface area contributed by atoms with E-state index in [1.165, 1.54) is 4.90 Å². The number of likely N-dealkylation sites (N-methyl/N-ethyl adjacent to an activating group) is 1. The van der Waals surface area contributed by atoms with Crippen LogP contribution in [0.3, 0.4) is 0 Å². The van der Waals surface area contributed by atoms with Gasteiger partial charge in [-0.1, -0.05) is 0 Å². The molecule has 1 fully saturated rings. The Labute approximate surface area is 114 Å². The lowest BCUT2D eigenvalue weighted by Crippen LogP contribution is -2.56. The fourth-order valence-corrected chi connectivity index (χ4v) is 2.29. The predicted octanol–water partition coefficient (Wildman–Crippen LogP) is 0.975. The molecular formula is C13H25N3O3. The minimum atomic E-state index is -0.995. The van der Waals surface area contributed by atoms with Crippen molar-refractivity contribution in [1.82, 2.24) is 15.1 Å². The maximum absolute atomic E-state index is 12.2. The van der Waals surface area contributed by atoms with Crippen molar-refractivity contribution < 1.29 is 14.7 Å². The summed E-state index contributed by atoms with van der Waals surface area (Å²) in [4.78, 5) is 26.6. The summed E-state index contributed by atoms with van der Waals surface area (Å²) in [6.07, 6.45) is 2.00. The van der Waals surface area contributed by atoms with E-state index < -0.39 is 11.5 Å². The van der Waals surface area contributed by atoms with E-state index in [1.807, 2.05) is 27.8 Å². The number of carboxylic acid groups (broad SMARTS) is 1. The smallest absolute Gasteiger partial charge is 0.323 e. The molecule has 1 rings (SSSR count). The molecule has 110 valence electrons. The van der Waals surface area contributed by atoms with Gasteiger partial charge in [-0.05, 0) is 47.2 Å². The van der Waals surface area contributed by atoms with Crippen molar-refractivity contribution in [1.29, 1.82) is 0 Å². The Hall–Kier alpha value is -1.30. The number of carbonyl (C=O) groups is 2. The molecule has 0 bridgehead atoms. The summed E-state index contributed by atoms with van der Waals surface area (Å²) in [5.41, 5.74) is -0.511. The molecule has 1 saturated heterocycles. The highest BCUT2D eigenvalue weighted by Gasteiger charge is 2.30. The van der Waals surface area contributed by atoms with Crippen molar-refractivity contribution in [3.05, 3.63) is 0 Å².